The Morgan fingerprint density at radius 1 is 1.23 bits per heavy atom. The fraction of sp³-hybridized carbons (Fsp3) is 0.417. The topological polar surface area (TPSA) is 97.5 Å². The van der Waals surface area contributed by atoms with Crippen LogP contribution in [0.3, 0.4) is 0 Å². The van der Waals surface area contributed by atoms with Crippen molar-refractivity contribution < 1.29 is 14.7 Å². The van der Waals surface area contributed by atoms with E-state index in [1.165, 1.54) is 0 Å². The molecule has 0 atom stereocenters. The zero-order valence-corrected chi connectivity index (χ0v) is 18.8. The monoisotopic (exact) mass is 424 g/mol. The first kappa shape index (κ1) is 22.8. The molecule has 0 saturated carbocycles. The van der Waals surface area contributed by atoms with Crippen LogP contribution in [0.2, 0.25) is 0 Å². The van der Waals surface area contributed by atoms with E-state index in [1.807, 2.05) is 32.0 Å². The number of carbonyl (C=O) groups excluding carboxylic acids is 2. The minimum atomic E-state index is -0.173. The minimum Gasteiger partial charge on any atom is -0.396 e. The lowest BCUT2D eigenvalue weighted by atomic mass is 10.0. The van der Waals surface area contributed by atoms with Crippen LogP contribution < -0.4 is 10.6 Å². The standard InChI is InChI=1S/C24H32N4O3/c1-5-28(6-2)11-10-25-24(31)22-15(3)21(26-16(22)4)14-19-18-13-17(9-12-29)7-8-20(18)27-23(19)30/h7-8,13-14,26,29H,5-6,9-12H2,1-4H3,(H,25,31)(H,27,30). The molecule has 4 N–H and O–H groups in total. The highest BCUT2D eigenvalue weighted by molar-refractivity contribution is 6.35. The summed E-state index contributed by atoms with van der Waals surface area (Å²) in [6, 6.07) is 5.70. The van der Waals surface area contributed by atoms with Gasteiger partial charge in [-0.05, 0) is 62.7 Å². The lowest BCUT2D eigenvalue weighted by molar-refractivity contribution is -0.110. The van der Waals surface area contributed by atoms with E-state index in [-0.39, 0.29) is 18.4 Å². The van der Waals surface area contributed by atoms with Gasteiger partial charge in [0.05, 0.1) is 11.1 Å². The van der Waals surface area contributed by atoms with E-state index in [9.17, 15) is 14.7 Å². The van der Waals surface area contributed by atoms with Crippen molar-refractivity contribution in [3.63, 3.8) is 0 Å². The first-order chi connectivity index (χ1) is 14.9. The SMILES string of the molecule is CCN(CC)CCNC(=O)c1c(C)[nH]c(C=C2C(=O)Nc3ccc(CCO)cc32)c1C. The number of amides is 2. The third-order valence-corrected chi connectivity index (χ3v) is 5.87. The number of nitrogens with one attached hydrogen (secondary N) is 3. The van der Waals surface area contributed by atoms with Gasteiger partial charge in [-0.1, -0.05) is 19.9 Å². The summed E-state index contributed by atoms with van der Waals surface area (Å²) in [6.07, 6.45) is 2.34. The average Bonchev–Trinajstić information content (AvgIpc) is 3.20. The number of aryl methyl sites for hydroxylation is 1. The van der Waals surface area contributed by atoms with Crippen LogP contribution in [-0.2, 0) is 11.2 Å². The highest BCUT2D eigenvalue weighted by Gasteiger charge is 2.26. The number of aromatic amines is 1. The molecular formula is C24H32N4O3. The molecule has 0 unspecified atom stereocenters. The van der Waals surface area contributed by atoms with Crippen LogP contribution in [-0.4, -0.2) is 59.6 Å². The number of carbonyl (C=O) groups is 2. The molecule has 0 bridgehead atoms. The van der Waals surface area contributed by atoms with Crippen LogP contribution in [0.5, 0.6) is 0 Å². The second kappa shape index (κ2) is 9.94. The number of H-pyrrole nitrogens is 1. The van der Waals surface area contributed by atoms with Gasteiger partial charge in [0.2, 0.25) is 0 Å². The Kier molecular flexibility index (Phi) is 7.30. The molecule has 1 aromatic carbocycles. The van der Waals surface area contributed by atoms with E-state index in [2.05, 4.69) is 34.4 Å². The van der Waals surface area contributed by atoms with E-state index in [0.717, 1.165) is 53.4 Å². The summed E-state index contributed by atoms with van der Waals surface area (Å²) in [6.45, 7) is 11.3. The first-order valence-electron chi connectivity index (χ1n) is 10.9. The summed E-state index contributed by atoms with van der Waals surface area (Å²) >= 11 is 0. The molecule has 1 aliphatic rings. The Morgan fingerprint density at radius 3 is 2.65 bits per heavy atom. The van der Waals surface area contributed by atoms with Crippen LogP contribution >= 0.6 is 0 Å². The number of hydrogen-bond acceptors (Lipinski definition) is 4. The maximum absolute atomic E-state index is 12.8. The molecule has 0 radical (unpaired) electrons. The van der Waals surface area contributed by atoms with E-state index >= 15 is 0 Å². The van der Waals surface area contributed by atoms with Gasteiger partial charge in [0, 0.05) is 42.3 Å². The first-order valence-corrected chi connectivity index (χ1v) is 10.9. The van der Waals surface area contributed by atoms with Crippen molar-refractivity contribution in [1.82, 2.24) is 15.2 Å². The number of benzene rings is 1. The van der Waals surface area contributed by atoms with E-state index in [4.69, 9.17) is 0 Å². The Labute approximate surface area is 183 Å². The number of anilines is 1. The molecule has 166 valence electrons. The number of likely N-dealkylation sites (N-methyl/N-ethyl adjacent to an activating group) is 1. The number of hydrogen-bond donors (Lipinski definition) is 4. The van der Waals surface area contributed by atoms with Gasteiger partial charge in [0.15, 0.2) is 0 Å². The van der Waals surface area contributed by atoms with Crippen molar-refractivity contribution in [1.29, 1.82) is 0 Å². The van der Waals surface area contributed by atoms with Crippen LogP contribution in [0, 0.1) is 13.8 Å². The molecule has 2 amide bonds. The molecule has 2 heterocycles. The molecule has 7 nitrogen and oxygen atoms in total. The highest BCUT2D eigenvalue weighted by atomic mass is 16.3. The Morgan fingerprint density at radius 2 is 1.97 bits per heavy atom. The predicted molar refractivity (Wildman–Crippen MR) is 124 cm³/mol. The molecule has 2 aromatic rings. The summed E-state index contributed by atoms with van der Waals surface area (Å²) in [5.74, 6) is -0.280. The van der Waals surface area contributed by atoms with Crippen molar-refractivity contribution in [2.75, 3.05) is 38.1 Å². The normalized spacial score (nSPS) is 14.3. The van der Waals surface area contributed by atoms with E-state index in [0.29, 0.717) is 24.1 Å². The van der Waals surface area contributed by atoms with Crippen LogP contribution in [0.25, 0.3) is 11.6 Å². The number of aromatic nitrogens is 1. The summed E-state index contributed by atoms with van der Waals surface area (Å²) in [5, 5.41) is 15.1. The quantitative estimate of drug-likeness (QED) is 0.465. The number of rotatable bonds is 9. The van der Waals surface area contributed by atoms with Crippen LogP contribution in [0.4, 0.5) is 5.69 Å². The van der Waals surface area contributed by atoms with Gasteiger partial charge in [-0.25, -0.2) is 0 Å². The summed E-state index contributed by atoms with van der Waals surface area (Å²) < 4.78 is 0. The van der Waals surface area contributed by atoms with Crippen molar-refractivity contribution in [3.8, 4) is 0 Å². The van der Waals surface area contributed by atoms with Crippen LogP contribution in [0.1, 0.15) is 52.3 Å². The zero-order valence-electron chi connectivity index (χ0n) is 18.8. The fourth-order valence-corrected chi connectivity index (χ4v) is 4.02. The second-order valence-corrected chi connectivity index (χ2v) is 7.81. The van der Waals surface area contributed by atoms with E-state index in [1.54, 1.807) is 6.08 Å². The zero-order chi connectivity index (χ0) is 22.5. The van der Waals surface area contributed by atoms with Gasteiger partial charge >= 0.3 is 0 Å². The lowest BCUT2D eigenvalue weighted by Gasteiger charge is -2.18. The molecule has 0 fully saturated rings. The van der Waals surface area contributed by atoms with Gasteiger partial charge in [0.25, 0.3) is 11.8 Å². The highest BCUT2D eigenvalue weighted by Crippen LogP contribution is 2.34. The molecule has 1 aliphatic heterocycles. The summed E-state index contributed by atoms with van der Waals surface area (Å²) in [4.78, 5) is 30.9. The Balaban J connectivity index is 1.84. The smallest absolute Gasteiger partial charge is 0.256 e. The third-order valence-electron chi connectivity index (χ3n) is 5.87. The van der Waals surface area contributed by atoms with Crippen molar-refractivity contribution in [2.24, 2.45) is 0 Å². The third kappa shape index (κ3) is 4.89. The van der Waals surface area contributed by atoms with E-state index < -0.39 is 0 Å². The average molecular weight is 425 g/mol. The second-order valence-electron chi connectivity index (χ2n) is 7.81. The maximum Gasteiger partial charge on any atom is 0.256 e. The molecule has 31 heavy (non-hydrogen) atoms. The summed E-state index contributed by atoms with van der Waals surface area (Å²) in [5.41, 5.74) is 6.05. The van der Waals surface area contributed by atoms with Crippen molar-refractivity contribution in [3.05, 3.63) is 51.8 Å². The molecular weight excluding hydrogens is 392 g/mol. The largest absolute Gasteiger partial charge is 0.396 e. The number of nitrogens with zero attached hydrogens (tertiary/aromatic N) is 1. The van der Waals surface area contributed by atoms with Crippen molar-refractivity contribution in [2.45, 2.75) is 34.1 Å². The molecule has 0 saturated heterocycles. The molecule has 0 spiro atoms. The molecule has 0 aliphatic carbocycles. The van der Waals surface area contributed by atoms with Gasteiger partial charge in [-0.15, -0.1) is 0 Å². The Hall–Kier alpha value is -2.90. The van der Waals surface area contributed by atoms with Crippen LogP contribution in [0.15, 0.2) is 18.2 Å². The molecule has 7 heteroatoms. The van der Waals surface area contributed by atoms with Gasteiger partial charge < -0.3 is 25.6 Å². The van der Waals surface area contributed by atoms with Gasteiger partial charge in [0.1, 0.15) is 0 Å². The molecule has 1 aromatic heterocycles. The van der Waals surface area contributed by atoms with Gasteiger partial charge in [-0.2, -0.15) is 0 Å². The maximum atomic E-state index is 12.8. The van der Waals surface area contributed by atoms with Gasteiger partial charge in [-0.3, -0.25) is 9.59 Å². The number of aliphatic hydroxyl groups is 1. The fourth-order valence-electron chi connectivity index (χ4n) is 4.02. The Bertz CT molecular complexity index is 1000. The van der Waals surface area contributed by atoms with Crippen molar-refractivity contribution >= 4 is 29.2 Å². The number of aliphatic hydroxyl groups excluding tert-OH is 1. The predicted octanol–water partition coefficient (Wildman–Crippen LogP) is 2.73. The minimum absolute atomic E-state index is 0.0564. The lowest BCUT2D eigenvalue weighted by Crippen LogP contribution is -2.35. The molecule has 3 rings (SSSR count). The summed E-state index contributed by atoms with van der Waals surface area (Å²) in [7, 11) is 0. The number of fused-ring (bicyclic) bond motifs is 1.